The number of aliphatic carboxylic acids is 4. The van der Waals surface area contributed by atoms with Gasteiger partial charge in [-0.25, -0.2) is 9.59 Å². The molecule has 0 bridgehead atoms. The molecule has 44 heteroatoms. The van der Waals surface area contributed by atoms with Crippen LogP contribution in [0.25, 0.3) is 10.9 Å². The van der Waals surface area contributed by atoms with Crippen LogP contribution in [0.1, 0.15) is 157 Å². The third-order valence-electron chi connectivity index (χ3n) is 19.2. The van der Waals surface area contributed by atoms with Gasteiger partial charge in [0.05, 0.1) is 32.4 Å². The van der Waals surface area contributed by atoms with E-state index >= 15 is 0 Å². The number of unbranched alkanes of at least 4 members (excludes halogenated alkanes) is 4. The van der Waals surface area contributed by atoms with Gasteiger partial charge in [-0.2, -0.15) is 0 Å². The van der Waals surface area contributed by atoms with E-state index in [4.69, 9.17) is 26.7 Å². The third kappa shape index (κ3) is 33.8. The number of aromatic amines is 1. The number of carbonyl (C=O) groups is 20. The van der Waals surface area contributed by atoms with Gasteiger partial charge in [0.15, 0.2) is 12.2 Å². The van der Waals surface area contributed by atoms with E-state index in [1.807, 2.05) is 10.6 Å². The lowest BCUT2D eigenvalue weighted by molar-refractivity contribution is -0.158. The van der Waals surface area contributed by atoms with Crippen molar-refractivity contribution in [2.75, 3.05) is 26.7 Å². The maximum absolute atomic E-state index is 14.8. The summed E-state index contributed by atoms with van der Waals surface area (Å²) in [6.45, 7) is 7.69. The van der Waals surface area contributed by atoms with Crippen molar-refractivity contribution in [1.29, 1.82) is 0 Å². The topological polar surface area (TPSA) is 711 Å². The molecular formula is C73H111N17O27. The molecular weight excluding hydrogens is 1550 g/mol. The number of hydrogen-bond acceptors (Lipinski definition) is 24. The lowest BCUT2D eigenvalue weighted by Gasteiger charge is -2.32. The Morgan fingerprint density at radius 3 is 1.77 bits per heavy atom. The van der Waals surface area contributed by atoms with Crippen LogP contribution in [0, 0.1) is 17.8 Å². The van der Waals surface area contributed by atoms with Crippen LogP contribution in [0.2, 0.25) is 0 Å². The van der Waals surface area contributed by atoms with E-state index in [0.29, 0.717) is 35.2 Å². The molecule has 0 radical (unpaired) electrons. The molecule has 1 aliphatic heterocycles. The lowest BCUT2D eigenvalue weighted by Crippen LogP contribution is -2.64. The van der Waals surface area contributed by atoms with Crippen LogP contribution in [0.5, 0.6) is 0 Å². The largest absolute Gasteiger partial charge is 0.481 e. The first-order valence-corrected chi connectivity index (χ1v) is 38.1. The lowest BCUT2D eigenvalue weighted by atomic mass is 9.94. The fourth-order valence-electron chi connectivity index (χ4n) is 12.0. The number of nitrogens with two attached hydrogens (primary N) is 3. The number of methoxy groups -OCH3 is 1. The molecule has 17 unspecified atom stereocenters. The average molecular weight is 1660 g/mol. The molecule has 650 valence electrons. The van der Waals surface area contributed by atoms with Crippen molar-refractivity contribution in [2.45, 2.75) is 242 Å². The number of amides is 15. The monoisotopic (exact) mass is 1660 g/mol. The van der Waals surface area contributed by atoms with Crippen LogP contribution < -0.4 is 86.3 Å². The summed E-state index contributed by atoms with van der Waals surface area (Å²) in [5.41, 5.74) is 17.8. The van der Waals surface area contributed by atoms with Crippen molar-refractivity contribution in [2.24, 2.45) is 35.0 Å². The maximum atomic E-state index is 14.8. The first-order valence-electron chi connectivity index (χ1n) is 38.1. The summed E-state index contributed by atoms with van der Waals surface area (Å²) in [4.78, 5) is 276. The molecule has 1 aromatic carbocycles. The predicted octanol–water partition coefficient (Wildman–Crippen LogP) is -5.93. The van der Waals surface area contributed by atoms with Crippen LogP contribution in [0.4, 0.5) is 0 Å². The number of carboxylic acid groups (broad SMARTS) is 4. The Morgan fingerprint density at radius 1 is 0.581 bits per heavy atom. The Hall–Kier alpha value is -12.0. The van der Waals surface area contributed by atoms with Crippen molar-refractivity contribution in [3.63, 3.8) is 0 Å². The number of primary amides is 2. The zero-order chi connectivity index (χ0) is 88.1. The molecule has 2 heterocycles. The molecule has 0 saturated carbocycles. The van der Waals surface area contributed by atoms with Gasteiger partial charge in [-0.15, -0.1) is 0 Å². The number of para-hydroxylation sites is 1. The minimum absolute atomic E-state index is 0.00391. The number of hydrogen-bond donors (Lipinski definition) is 22. The zero-order valence-corrected chi connectivity index (χ0v) is 66.3. The van der Waals surface area contributed by atoms with E-state index < -0.39 is 260 Å². The molecule has 1 aliphatic rings. The van der Waals surface area contributed by atoms with Gasteiger partial charge < -0.3 is 126 Å². The number of benzene rings is 1. The summed E-state index contributed by atoms with van der Waals surface area (Å²) in [6.07, 6.45) is -6.16. The Bertz CT molecular complexity index is 3880. The van der Waals surface area contributed by atoms with E-state index in [2.05, 4.69) is 77.3 Å². The number of H-pyrrole nitrogens is 1. The second-order valence-electron chi connectivity index (χ2n) is 28.5. The number of nitrogens with one attached hydrogen (secondary N) is 14. The highest BCUT2D eigenvalue weighted by Gasteiger charge is 2.44. The third-order valence-corrected chi connectivity index (χ3v) is 19.2. The summed E-state index contributed by atoms with van der Waals surface area (Å²) in [5.74, 6) is -30.7. The average Bonchev–Trinajstić information content (AvgIpc) is 1.81. The van der Waals surface area contributed by atoms with Gasteiger partial charge >= 0.3 is 29.8 Å². The van der Waals surface area contributed by atoms with Crippen molar-refractivity contribution in [1.82, 2.24) is 74.1 Å². The van der Waals surface area contributed by atoms with Crippen LogP contribution in [-0.4, -0.2) is 260 Å². The van der Waals surface area contributed by atoms with Crippen LogP contribution in [0.15, 0.2) is 30.5 Å². The van der Waals surface area contributed by atoms with E-state index in [-0.39, 0.29) is 45.1 Å². The smallest absolute Gasteiger partial charge is 0.335 e. The summed E-state index contributed by atoms with van der Waals surface area (Å²) in [7, 11) is 0.801. The Kier molecular flexibility index (Phi) is 42.2. The number of aliphatic hydroxyl groups is 1. The summed E-state index contributed by atoms with van der Waals surface area (Å²) in [6, 6.07) is -15.8. The number of carboxylic acids is 4. The van der Waals surface area contributed by atoms with E-state index in [1.165, 1.54) is 13.8 Å². The van der Waals surface area contributed by atoms with E-state index in [1.54, 1.807) is 30.5 Å². The highest BCUT2D eigenvalue weighted by molar-refractivity contribution is 6.03. The molecule has 44 nitrogen and oxygen atoms in total. The Balaban J connectivity index is 2.27. The van der Waals surface area contributed by atoms with Gasteiger partial charge in [0.25, 0.3) is 0 Å². The number of aliphatic hydroxyl groups excluding tert-OH is 1. The van der Waals surface area contributed by atoms with Crippen molar-refractivity contribution >= 4 is 129 Å². The van der Waals surface area contributed by atoms with Crippen molar-refractivity contribution in [3.05, 3.63) is 36.0 Å². The van der Waals surface area contributed by atoms with Gasteiger partial charge in [0, 0.05) is 43.5 Å². The van der Waals surface area contributed by atoms with Gasteiger partial charge in [0.2, 0.25) is 88.6 Å². The van der Waals surface area contributed by atoms with Crippen molar-refractivity contribution in [3.8, 4) is 0 Å². The van der Waals surface area contributed by atoms with E-state index in [0.717, 1.165) is 53.6 Å². The zero-order valence-electron chi connectivity index (χ0n) is 66.3. The molecule has 1 fully saturated rings. The van der Waals surface area contributed by atoms with Gasteiger partial charge in [-0.3, -0.25) is 86.3 Å². The number of ether oxygens (including phenoxy) is 2. The minimum atomic E-state index is -2.80. The van der Waals surface area contributed by atoms with Gasteiger partial charge in [0.1, 0.15) is 72.6 Å². The summed E-state index contributed by atoms with van der Waals surface area (Å²) < 4.78 is 10.7. The molecule has 1 saturated heterocycles. The normalized spacial score (nSPS) is 22.2. The summed E-state index contributed by atoms with van der Waals surface area (Å²) in [5, 5.41) is 80.2. The standard InChI is InChI=1S/C73H111N17O27/c1-9-34(3)19-13-11-12-14-23-48(92)81-44(28-39-31-77-41-21-16-15-20-40(39)41)65(106)84-43(24-25-51(95)96)64(105)89-57(59(101)61(76)102)71(112)88-56-38(7)117-73(115)55(35(4)10-2)87-70(111)54(36(5)27-52(97)98)86-67(108)45(29-47(75)91)82-50(94)33-79-69(110)58(60(116-8)72(113)114)90-63(104)42(22-17-18-26-74)83-66(107)46(30-53(99)100)85-62(103)37(6)80-49(93)32-78-68(56)109/h15-16,20-21,31,34-38,42-46,54-60,77,101H,9-14,17-19,22-30,32-33,74H2,1-8H3,(H2,75,91)(H2,76,102)(H,78,109)(H,79,110)(H,80,93)(H,81,92)(H,82,94)(H,83,107)(H,84,106)(H,85,103)(H,86,108)(H,87,111)(H,88,112)(H,89,105)(H,90,104)(H,95,96)(H,97,98)(H,99,100)(H,113,114). The fourth-order valence-corrected chi connectivity index (χ4v) is 12.0. The number of cyclic esters (lactones) is 1. The minimum Gasteiger partial charge on any atom is -0.481 e. The van der Waals surface area contributed by atoms with Crippen LogP contribution >= 0.6 is 0 Å². The Morgan fingerprint density at radius 2 is 1.17 bits per heavy atom. The van der Waals surface area contributed by atoms with Crippen LogP contribution in [0.3, 0.4) is 0 Å². The number of carbonyl (C=O) groups excluding carboxylic acids is 16. The maximum Gasteiger partial charge on any atom is 0.335 e. The molecule has 0 aliphatic carbocycles. The van der Waals surface area contributed by atoms with Gasteiger partial charge in [-0.1, -0.05) is 91.3 Å². The second-order valence-corrected chi connectivity index (χ2v) is 28.5. The first kappa shape index (κ1) is 99.2. The molecule has 25 N–H and O–H groups in total. The number of aromatic nitrogens is 1. The fraction of sp³-hybridized carbons (Fsp3) is 0.616. The molecule has 15 amide bonds. The molecule has 3 rings (SSSR count). The first-order chi connectivity index (χ1) is 55.1. The highest BCUT2D eigenvalue weighted by atomic mass is 16.5. The molecule has 17 atom stereocenters. The second kappa shape index (κ2) is 49.7. The summed E-state index contributed by atoms with van der Waals surface area (Å²) >= 11 is 0. The number of esters is 1. The molecule has 117 heavy (non-hydrogen) atoms. The van der Waals surface area contributed by atoms with E-state index in [9.17, 15) is 121 Å². The molecule has 2 aromatic rings. The molecule has 0 spiro atoms. The quantitative estimate of drug-likeness (QED) is 0.0220. The van der Waals surface area contributed by atoms with Crippen molar-refractivity contribution < 1.29 is 131 Å². The molecule has 1 aromatic heterocycles. The predicted molar refractivity (Wildman–Crippen MR) is 408 cm³/mol. The Labute approximate surface area is 672 Å². The number of fused-ring (bicyclic) bond motifs is 1. The highest BCUT2D eigenvalue weighted by Crippen LogP contribution is 2.22. The SMILES string of the molecule is CCC(C)CCCCCCC(=O)NC(Cc1c[nH]c2ccccc12)C(=O)NC(CCC(=O)O)C(=O)NC(C(=O)NC1C(=O)NCC(=O)NC(C)C(=O)NC(CC(=O)O)C(=O)NC(CCCCN)C(=O)NC(C(OC)C(=O)O)C(=O)NCC(=O)NC(CC(N)=O)C(=O)NC(C(C)CC(=O)O)C(=O)NC(C(C)CC)C(=O)OC1C)C(O)C(N)=O. The van der Waals surface area contributed by atoms with Gasteiger partial charge in [-0.05, 0) is 81.9 Å². The van der Waals surface area contributed by atoms with Crippen LogP contribution in [-0.2, 0) is 112 Å². The number of rotatable bonds is 38.